The van der Waals surface area contributed by atoms with Gasteiger partial charge in [0.2, 0.25) is 5.88 Å². The largest absolute Gasteiger partial charge is 0.481 e. The first-order valence-electron chi connectivity index (χ1n) is 11.0. The Labute approximate surface area is 191 Å². The molecule has 4 rings (SSSR count). The Bertz CT molecular complexity index is 1350. The molecule has 33 heavy (non-hydrogen) atoms. The highest BCUT2D eigenvalue weighted by atomic mass is 19.1. The van der Waals surface area contributed by atoms with E-state index in [1.54, 1.807) is 31.5 Å². The van der Waals surface area contributed by atoms with Gasteiger partial charge in [-0.2, -0.15) is 5.10 Å². The number of hydrogen-bond donors (Lipinski definition) is 1. The third kappa shape index (κ3) is 4.64. The zero-order valence-corrected chi connectivity index (χ0v) is 18.7. The molecular weight excluding hydrogens is 421 g/mol. The number of methoxy groups -OCH3 is 1. The summed E-state index contributed by atoms with van der Waals surface area (Å²) in [4.78, 5) is 17.2. The zero-order valence-electron chi connectivity index (χ0n) is 18.7. The van der Waals surface area contributed by atoms with Crippen molar-refractivity contribution in [3.63, 3.8) is 0 Å². The van der Waals surface area contributed by atoms with Gasteiger partial charge in [-0.15, -0.1) is 0 Å². The number of fused-ring (bicyclic) bond motifs is 1. The van der Waals surface area contributed by atoms with Crippen molar-refractivity contribution in [2.45, 2.75) is 39.3 Å². The quantitative estimate of drug-likeness (QED) is 0.431. The molecule has 0 spiro atoms. The molecule has 2 aromatic carbocycles. The van der Waals surface area contributed by atoms with Gasteiger partial charge in [-0.05, 0) is 47.2 Å². The van der Waals surface area contributed by atoms with E-state index in [0.717, 1.165) is 29.5 Å². The van der Waals surface area contributed by atoms with Crippen LogP contribution in [0.15, 0.2) is 59.5 Å². The van der Waals surface area contributed by atoms with Crippen LogP contribution in [0, 0.1) is 5.82 Å². The molecule has 0 bridgehead atoms. The highest BCUT2D eigenvalue weighted by molar-refractivity contribution is 5.84. The van der Waals surface area contributed by atoms with Crippen molar-refractivity contribution in [2.75, 3.05) is 7.11 Å². The summed E-state index contributed by atoms with van der Waals surface area (Å²) < 4.78 is 21.1. The van der Waals surface area contributed by atoms with E-state index in [1.807, 2.05) is 24.3 Å². The first-order valence-corrected chi connectivity index (χ1v) is 11.0. The number of ether oxygens (including phenoxy) is 1. The maximum atomic E-state index is 14.6. The van der Waals surface area contributed by atoms with Gasteiger partial charge in [0.15, 0.2) is 0 Å². The zero-order chi connectivity index (χ0) is 23.4. The van der Waals surface area contributed by atoms with E-state index >= 15 is 0 Å². The van der Waals surface area contributed by atoms with Crippen molar-refractivity contribution in [2.24, 2.45) is 0 Å². The second-order valence-electron chi connectivity index (χ2n) is 7.91. The third-order valence-electron chi connectivity index (χ3n) is 5.71. The van der Waals surface area contributed by atoms with E-state index in [1.165, 1.54) is 10.7 Å². The number of unbranched alkanes of at least 4 members (excludes halogenated alkanes) is 1. The maximum absolute atomic E-state index is 14.6. The van der Waals surface area contributed by atoms with E-state index in [0.29, 0.717) is 28.9 Å². The smallest absolute Gasteiger partial charge is 0.277 e. The van der Waals surface area contributed by atoms with Crippen LogP contribution in [0.2, 0.25) is 0 Å². The topological polar surface area (TPSA) is 77.2 Å². The van der Waals surface area contributed by atoms with Crippen LogP contribution in [0.4, 0.5) is 4.39 Å². The van der Waals surface area contributed by atoms with E-state index in [-0.39, 0.29) is 18.5 Å². The van der Waals surface area contributed by atoms with Crippen LogP contribution in [-0.2, 0) is 19.6 Å². The monoisotopic (exact) mass is 447 g/mol. The number of rotatable bonds is 8. The molecule has 6 nitrogen and oxygen atoms in total. The Morgan fingerprint density at radius 2 is 2.00 bits per heavy atom. The molecule has 0 atom stereocenters. The fourth-order valence-corrected chi connectivity index (χ4v) is 4.01. The number of aliphatic hydroxyl groups is 1. The molecule has 4 aromatic rings. The Morgan fingerprint density at radius 3 is 2.76 bits per heavy atom. The highest BCUT2D eigenvalue weighted by Gasteiger charge is 2.15. The van der Waals surface area contributed by atoms with Gasteiger partial charge in [-0.25, -0.2) is 14.1 Å². The number of hydrogen-bond acceptors (Lipinski definition) is 5. The van der Waals surface area contributed by atoms with Gasteiger partial charge in [-0.3, -0.25) is 4.79 Å². The summed E-state index contributed by atoms with van der Waals surface area (Å²) in [6.07, 6.45) is 4.18. The van der Waals surface area contributed by atoms with Crippen LogP contribution < -0.4 is 10.3 Å². The molecule has 0 amide bonds. The second kappa shape index (κ2) is 9.92. The van der Waals surface area contributed by atoms with Gasteiger partial charge >= 0.3 is 0 Å². The number of aryl methyl sites for hydroxylation is 1. The lowest BCUT2D eigenvalue weighted by molar-refractivity contribution is 0.282. The molecule has 0 saturated carbocycles. The van der Waals surface area contributed by atoms with Crippen molar-refractivity contribution < 1.29 is 14.2 Å². The predicted molar refractivity (Wildman–Crippen MR) is 126 cm³/mol. The number of benzene rings is 2. The SMILES string of the molecule is CCCCc1nn(Cc2ccc(-c3ccnc(OC)c3)c(CO)c2)c(=O)c2c(F)cccc12. The summed E-state index contributed by atoms with van der Waals surface area (Å²) in [6, 6.07) is 13.9. The Balaban J connectivity index is 1.76. The van der Waals surface area contributed by atoms with Crippen molar-refractivity contribution in [1.29, 1.82) is 0 Å². The summed E-state index contributed by atoms with van der Waals surface area (Å²) in [7, 11) is 1.55. The minimum atomic E-state index is -0.538. The van der Waals surface area contributed by atoms with Crippen molar-refractivity contribution >= 4 is 10.8 Å². The van der Waals surface area contributed by atoms with Crippen LogP contribution in [0.25, 0.3) is 21.9 Å². The van der Waals surface area contributed by atoms with Crippen LogP contribution >= 0.6 is 0 Å². The molecule has 0 aliphatic heterocycles. The molecule has 0 aliphatic rings. The molecule has 0 fully saturated rings. The van der Waals surface area contributed by atoms with Gasteiger partial charge in [0.1, 0.15) is 5.82 Å². The van der Waals surface area contributed by atoms with Gasteiger partial charge in [0.05, 0.1) is 31.3 Å². The van der Waals surface area contributed by atoms with Crippen LogP contribution in [0.3, 0.4) is 0 Å². The molecule has 0 radical (unpaired) electrons. The first-order chi connectivity index (χ1) is 16.0. The lowest BCUT2D eigenvalue weighted by Crippen LogP contribution is -2.26. The molecule has 0 unspecified atom stereocenters. The fraction of sp³-hybridized carbons (Fsp3) is 0.269. The molecule has 2 aromatic heterocycles. The molecule has 2 heterocycles. The summed E-state index contributed by atoms with van der Waals surface area (Å²) in [6.45, 7) is 2.08. The maximum Gasteiger partial charge on any atom is 0.277 e. The second-order valence-corrected chi connectivity index (χ2v) is 7.91. The van der Waals surface area contributed by atoms with Gasteiger partial charge in [-0.1, -0.05) is 43.7 Å². The molecule has 0 aliphatic carbocycles. The Morgan fingerprint density at radius 1 is 1.15 bits per heavy atom. The van der Waals surface area contributed by atoms with Crippen molar-refractivity contribution in [3.8, 4) is 17.0 Å². The average molecular weight is 448 g/mol. The van der Waals surface area contributed by atoms with Gasteiger partial charge < -0.3 is 9.84 Å². The first kappa shape index (κ1) is 22.6. The summed E-state index contributed by atoms with van der Waals surface area (Å²) in [5, 5.41) is 15.2. The van der Waals surface area contributed by atoms with E-state index < -0.39 is 11.4 Å². The molecule has 0 saturated heterocycles. The summed E-state index contributed by atoms with van der Waals surface area (Å²) in [5.74, 6) is -0.0570. The normalized spacial score (nSPS) is 11.2. The summed E-state index contributed by atoms with van der Waals surface area (Å²) in [5.41, 5.74) is 3.45. The fourth-order valence-electron chi connectivity index (χ4n) is 4.01. The minimum absolute atomic E-state index is 0.0708. The molecular formula is C26H26FN3O3. The van der Waals surface area contributed by atoms with E-state index in [9.17, 15) is 14.3 Å². The number of aliphatic hydroxyl groups excluding tert-OH is 1. The van der Waals surface area contributed by atoms with Gasteiger partial charge in [0.25, 0.3) is 5.56 Å². The van der Waals surface area contributed by atoms with Crippen molar-refractivity contribution in [1.82, 2.24) is 14.8 Å². The Hall–Kier alpha value is -3.58. The predicted octanol–water partition coefficient (Wildman–Crippen LogP) is 4.49. The Kier molecular flexibility index (Phi) is 6.79. The average Bonchev–Trinajstić information content (AvgIpc) is 2.84. The van der Waals surface area contributed by atoms with Crippen LogP contribution in [0.5, 0.6) is 5.88 Å². The number of aromatic nitrogens is 3. The van der Waals surface area contributed by atoms with Crippen LogP contribution in [0.1, 0.15) is 36.6 Å². The third-order valence-corrected chi connectivity index (χ3v) is 5.71. The molecule has 7 heteroatoms. The van der Waals surface area contributed by atoms with Gasteiger partial charge in [0, 0.05) is 17.6 Å². The molecule has 1 N–H and O–H groups in total. The standard InChI is InChI=1S/C26H26FN3O3/c1-3-4-8-23-21-6-5-7-22(27)25(21)26(32)30(29-23)15-17-9-10-20(19(13-17)16-31)18-11-12-28-24(14-18)33-2/h5-7,9-14,31H,3-4,8,15-16H2,1-2H3. The highest BCUT2D eigenvalue weighted by Crippen LogP contribution is 2.27. The number of pyridine rings is 1. The molecule has 170 valence electrons. The minimum Gasteiger partial charge on any atom is -0.481 e. The van der Waals surface area contributed by atoms with E-state index in [4.69, 9.17) is 4.74 Å². The van der Waals surface area contributed by atoms with Crippen molar-refractivity contribution in [3.05, 3.63) is 87.7 Å². The number of halogens is 1. The lowest BCUT2D eigenvalue weighted by Gasteiger charge is -2.14. The summed E-state index contributed by atoms with van der Waals surface area (Å²) >= 11 is 0. The van der Waals surface area contributed by atoms with Crippen LogP contribution in [-0.4, -0.2) is 27.0 Å². The lowest BCUT2D eigenvalue weighted by atomic mass is 9.98. The van der Waals surface area contributed by atoms with E-state index in [2.05, 4.69) is 17.0 Å². The number of nitrogens with zero attached hydrogens (tertiary/aromatic N) is 3.